The summed E-state index contributed by atoms with van der Waals surface area (Å²) < 4.78 is 46.5. The molecule has 1 aliphatic heterocycles. The summed E-state index contributed by atoms with van der Waals surface area (Å²) >= 11 is 7.35. The van der Waals surface area contributed by atoms with E-state index in [0.717, 1.165) is 10.2 Å². The van der Waals surface area contributed by atoms with Crippen molar-refractivity contribution in [1.82, 2.24) is 15.4 Å². The third-order valence-electron chi connectivity index (χ3n) is 5.53. The van der Waals surface area contributed by atoms with Gasteiger partial charge in [0.25, 0.3) is 5.91 Å². The molecule has 0 bridgehead atoms. The molecule has 33 heavy (non-hydrogen) atoms. The number of amides is 2. The van der Waals surface area contributed by atoms with Crippen molar-refractivity contribution in [3.05, 3.63) is 23.2 Å². The van der Waals surface area contributed by atoms with Crippen LogP contribution in [0.1, 0.15) is 25.7 Å². The largest absolute Gasteiger partial charge is 0.522 e. The van der Waals surface area contributed by atoms with E-state index in [4.69, 9.17) is 16.3 Å². The molecule has 1 aliphatic carbocycles. The lowest BCUT2D eigenvalue weighted by atomic mass is 9.92. The number of ether oxygens (including phenoxy) is 2. The molecule has 4 rings (SSSR count). The van der Waals surface area contributed by atoms with Gasteiger partial charge in [0, 0.05) is 36.9 Å². The molecule has 0 atom stereocenters. The van der Waals surface area contributed by atoms with Gasteiger partial charge in [-0.2, -0.15) is 0 Å². The van der Waals surface area contributed by atoms with Crippen molar-refractivity contribution >= 4 is 50.1 Å². The zero-order valence-electron chi connectivity index (χ0n) is 17.4. The van der Waals surface area contributed by atoms with Crippen molar-refractivity contribution in [3.63, 3.8) is 0 Å². The quantitative estimate of drug-likeness (QED) is 0.594. The Bertz CT molecular complexity index is 1010. The van der Waals surface area contributed by atoms with E-state index in [1.807, 2.05) is 6.07 Å². The number of fused-ring (bicyclic) bond motifs is 1. The van der Waals surface area contributed by atoms with Crippen molar-refractivity contribution < 1.29 is 32.2 Å². The lowest BCUT2D eigenvalue weighted by Gasteiger charge is -2.35. The maximum absolute atomic E-state index is 12.6. The summed E-state index contributed by atoms with van der Waals surface area (Å²) in [7, 11) is 0. The number of hydrogen-bond donors (Lipinski definition) is 2. The number of halogens is 4. The van der Waals surface area contributed by atoms with E-state index in [-0.39, 0.29) is 37.2 Å². The molecule has 180 valence electrons. The molecule has 2 amide bonds. The van der Waals surface area contributed by atoms with Gasteiger partial charge in [0.2, 0.25) is 5.91 Å². The molecule has 2 heterocycles. The number of aromatic nitrogens is 1. The zero-order chi connectivity index (χ0) is 23.6. The Morgan fingerprint density at radius 1 is 1.21 bits per heavy atom. The van der Waals surface area contributed by atoms with Crippen LogP contribution in [0.2, 0.25) is 5.02 Å². The Morgan fingerprint density at radius 3 is 2.64 bits per heavy atom. The summed E-state index contributed by atoms with van der Waals surface area (Å²) in [5, 5.41) is 5.67. The second-order valence-electron chi connectivity index (χ2n) is 8.01. The number of hydrazine groups is 1. The normalized spacial score (nSPS) is 22.2. The fraction of sp³-hybridized carbons (Fsp3) is 0.550. The van der Waals surface area contributed by atoms with Crippen molar-refractivity contribution in [2.45, 2.75) is 44.3 Å². The smallest absolute Gasteiger partial charge is 0.368 e. The second kappa shape index (κ2) is 10.1. The highest BCUT2D eigenvalue weighted by atomic mass is 35.5. The summed E-state index contributed by atoms with van der Waals surface area (Å²) in [6.07, 6.45) is -4.66. The van der Waals surface area contributed by atoms with Crippen LogP contribution in [-0.4, -0.2) is 60.1 Å². The molecule has 1 saturated carbocycles. The molecule has 13 heteroatoms. The van der Waals surface area contributed by atoms with Gasteiger partial charge in [0.1, 0.15) is 6.61 Å². The SMILES string of the molecule is O=C(COC1CC(OC(F)(F)F)C1)NN1CCC(C(=O)Nc2nc3cc(Cl)ccc3s2)CC1. The number of carbonyl (C=O) groups excluding carboxylic acids is 2. The average molecular weight is 507 g/mol. The average Bonchev–Trinajstić information content (AvgIpc) is 3.10. The molecule has 1 saturated heterocycles. The van der Waals surface area contributed by atoms with E-state index in [0.29, 0.717) is 36.1 Å². The molecule has 2 aromatic rings. The van der Waals surface area contributed by atoms with E-state index in [2.05, 4.69) is 20.5 Å². The minimum Gasteiger partial charge on any atom is -0.368 e. The van der Waals surface area contributed by atoms with Gasteiger partial charge in [-0.15, -0.1) is 13.2 Å². The predicted molar refractivity (Wildman–Crippen MR) is 116 cm³/mol. The number of hydrogen-bond acceptors (Lipinski definition) is 7. The maximum Gasteiger partial charge on any atom is 0.522 e. The monoisotopic (exact) mass is 506 g/mol. The predicted octanol–water partition coefficient (Wildman–Crippen LogP) is 3.72. The summed E-state index contributed by atoms with van der Waals surface area (Å²) in [5.74, 6) is -0.702. The van der Waals surface area contributed by atoms with Crippen molar-refractivity contribution in [2.24, 2.45) is 5.92 Å². The Hall–Kier alpha value is -1.99. The van der Waals surface area contributed by atoms with Gasteiger partial charge in [-0.25, -0.2) is 9.99 Å². The molecule has 2 fully saturated rings. The first-order chi connectivity index (χ1) is 15.6. The molecule has 0 unspecified atom stereocenters. The first-order valence-corrected chi connectivity index (χ1v) is 11.6. The van der Waals surface area contributed by atoms with Crippen LogP contribution in [0.5, 0.6) is 0 Å². The van der Waals surface area contributed by atoms with Gasteiger partial charge in [-0.1, -0.05) is 22.9 Å². The number of alkyl halides is 3. The van der Waals surface area contributed by atoms with Crippen LogP contribution in [0.25, 0.3) is 10.2 Å². The topological polar surface area (TPSA) is 92.8 Å². The van der Waals surface area contributed by atoms with E-state index in [9.17, 15) is 22.8 Å². The minimum absolute atomic E-state index is 0.106. The highest BCUT2D eigenvalue weighted by Crippen LogP contribution is 2.32. The first-order valence-electron chi connectivity index (χ1n) is 10.4. The van der Waals surface area contributed by atoms with Crippen molar-refractivity contribution in [3.8, 4) is 0 Å². The van der Waals surface area contributed by atoms with Gasteiger partial charge >= 0.3 is 6.36 Å². The van der Waals surface area contributed by atoms with Crippen molar-refractivity contribution in [2.75, 3.05) is 25.0 Å². The number of nitrogens with one attached hydrogen (secondary N) is 2. The van der Waals surface area contributed by atoms with E-state index < -0.39 is 18.6 Å². The van der Waals surface area contributed by atoms with Gasteiger partial charge in [0.15, 0.2) is 5.13 Å². The zero-order valence-corrected chi connectivity index (χ0v) is 18.9. The van der Waals surface area contributed by atoms with Crippen LogP contribution in [0.15, 0.2) is 18.2 Å². The highest BCUT2D eigenvalue weighted by Gasteiger charge is 2.40. The fourth-order valence-corrected chi connectivity index (χ4v) is 4.77. The Morgan fingerprint density at radius 2 is 1.94 bits per heavy atom. The summed E-state index contributed by atoms with van der Waals surface area (Å²) in [6.45, 7) is 0.736. The number of anilines is 1. The molecule has 1 aromatic carbocycles. The summed E-state index contributed by atoms with van der Waals surface area (Å²) in [5.41, 5.74) is 3.44. The molecular weight excluding hydrogens is 485 g/mol. The van der Waals surface area contributed by atoms with Crippen LogP contribution in [0.3, 0.4) is 0 Å². The molecular formula is C20H22ClF3N4O4S. The molecule has 2 aliphatic rings. The molecule has 1 aromatic heterocycles. The Labute approximate surface area is 196 Å². The van der Waals surface area contributed by atoms with E-state index in [1.54, 1.807) is 17.1 Å². The van der Waals surface area contributed by atoms with Crippen molar-refractivity contribution in [1.29, 1.82) is 0 Å². The Balaban J connectivity index is 1.14. The second-order valence-corrected chi connectivity index (χ2v) is 9.47. The van der Waals surface area contributed by atoms with Crippen LogP contribution in [0, 0.1) is 5.92 Å². The highest BCUT2D eigenvalue weighted by molar-refractivity contribution is 7.22. The first kappa shape index (κ1) is 24.1. The van der Waals surface area contributed by atoms with Gasteiger partial charge in [-0.3, -0.25) is 19.8 Å². The van der Waals surface area contributed by atoms with Crippen LogP contribution in [-0.2, 0) is 19.1 Å². The summed E-state index contributed by atoms with van der Waals surface area (Å²) in [4.78, 5) is 29.0. The summed E-state index contributed by atoms with van der Waals surface area (Å²) in [6, 6.07) is 5.37. The van der Waals surface area contributed by atoms with Gasteiger partial charge in [0.05, 0.1) is 22.4 Å². The molecule has 0 radical (unpaired) electrons. The number of rotatable bonds is 7. The number of thiazole rings is 1. The molecule has 8 nitrogen and oxygen atoms in total. The minimum atomic E-state index is -4.65. The number of carbonyl (C=O) groups is 2. The van der Waals surface area contributed by atoms with Crippen LogP contribution in [0.4, 0.5) is 18.3 Å². The molecule has 0 spiro atoms. The van der Waals surface area contributed by atoms with Crippen LogP contribution >= 0.6 is 22.9 Å². The van der Waals surface area contributed by atoms with Gasteiger partial charge in [-0.05, 0) is 31.0 Å². The number of nitrogens with zero attached hydrogens (tertiary/aromatic N) is 2. The fourth-order valence-electron chi connectivity index (χ4n) is 3.76. The van der Waals surface area contributed by atoms with E-state index in [1.165, 1.54) is 11.3 Å². The van der Waals surface area contributed by atoms with Gasteiger partial charge < -0.3 is 10.1 Å². The lowest BCUT2D eigenvalue weighted by Crippen LogP contribution is -2.50. The van der Waals surface area contributed by atoms with Crippen LogP contribution < -0.4 is 10.7 Å². The lowest BCUT2D eigenvalue weighted by molar-refractivity contribution is -0.357. The number of piperidine rings is 1. The third-order valence-corrected chi connectivity index (χ3v) is 6.72. The maximum atomic E-state index is 12.6. The van der Waals surface area contributed by atoms with E-state index >= 15 is 0 Å². The number of benzene rings is 1. The third kappa shape index (κ3) is 6.76. The Kier molecular flexibility index (Phi) is 7.39. The standard InChI is InChI=1S/C20H22ClF3N4O4S/c21-12-1-2-16-15(7-12)25-19(33-16)26-18(30)11-3-5-28(6-4-11)27-17(29)10-31-13-8-14(9-13)32-20(22,23)24/h1-2,7,11,13-14H,3-6,8-10H2,(H,27,29)(H,25,26,30). The molecule has 2 N–H and O–H groups in total.